The van der Waals surface area contributed by atoms with Gasteiger partial charge in [0, 0.05) is 6.54 Å². The molecule has 0 aromatic carbocycles. The van der Waals surface area contributed by atoms with Crippen LogP contribution < -0.4 is 5.56 Å². The summed E-state index contributed by atoms with van der Waals surface area (Å²) in [5, 5.41) is 0.104. The van der Waals surface area contributed by atoms with E-state index in [9.17, 15) is 4.79 Å². The predicted octanol–water partition coefficient (Wildman–Crippen LogP) is 5.47. The van der Waals surface area contributed by atoms with Gasteiger partial charge in [0.15, 0.2) is 5.15 Å². The van der Waals surface area contributed by atoms with E-state index in [1.807, 2.05) is 0 Å². The molecule has 0 bridgehead atoms. The van der Waals surface area contributed by atoms with Crippen molar-refractivity contribution in [2.45, 2.75) is 77.7 Å². The lowest BCUT2D eigenvalue weighted by Gasteiger charge is -2.06. The monoisotopic (exact) mass is 332 g/mol. The zero-order valence-corrected chi connectivity index (χ0v) is 14.4. The second-order valence-electron chi connectivity index (χ2n) is 5.53. The van der Waals surface area contributed by atoms with Gasteiger partial charge in [0.05, 0.1) is 6.33 Å². The molecule has 120 valence electrons. The van der Waals surface area contributed by atoms with Gasteiger partial charge in [-0.3, -0.25) is 9.36 Å². The highest BCUT2D eigenvalue weighted by Crippen LogP contribution is 2.13. The molecule has 0 aliphatic rings. The van der Waals surface area contributed by atoms with Crippen LogP contribution in [0.4, 0.5) is 0 Å². The largest absolute Gasteiger partial charge is 0.298 e. The topological polar surface area (TPSA) is 34.9 Å². The molecular formula is C16H26Cl2N2O. The fraction of sp³-hybridized carbons (Fsp3) is 0.750. The molecule has 0 saturated carbocycles. The first kappa shape index (κ1) is 18.5. The second-order valence-corrected chi connectivity index (χ2v) is 6.27. The number of hydrogen-bond donors (Lipinski definition) is 0. The lowest BCUT2D eigenvalue weighted by atomic mass is 10.1. The molecule has 0 spiro atoms. The molecule has 21 heavy (non-hydrogen) atoms. The Labute approximate surface area is 137 Å². The molecule has 5 heteroatoms. The fourth-order valence-corrected chi connectivity index (χ4v) is 2.65. The summed E-state index contributed by atoms with van der Waals surface area (Å²) in [5.74, 6) is 0. The van der Waals surface area contributed by atoms with Gasteiger partial charge < -0.3 is 0 Å². The summed E-state index contributed by atoms with van der Waals surface area (Å²) < 4.78 is 1.54. The quantitative estimate of drug-likeness (QED) is 0.397. The van der Waals surface area contributed by atoms with Crippen LogP contribution in [0.2, 0.25) is 10.2 Å². The number of aromatic nitrogens is 2. The Hall–Kier alpha value is -0.540. The van der Waals surface area contributed by atoms with Crippen molar-refractivity contribution in [1.29, 1.82) is 0 Å². The van der Waals surface area contributed by atoms with Gasteiger partial charge >= 0.3 is 0 Å². The molecular weight excluding hydrogens is 307 g/mol. The Morgan fingerprint density at radius 3 is 2.05 bits per heavy atom. The zero-order valence-electron chi connectivity index (χ0n) is 12.9. The van der Waals surface area contributed by atoms with Crippen LogP contribution in [0.5, 0.6) is 0 Å². The highest BCUT2D eigenvalue weighted by molar-refractivity contribution is 6.40. The van der Waals surface area contributed by atoms with Crippen molar-refractivity contribution in [3.05, 3.63) is 26.9 Å². The molecule has 0 fully saturated rings. The van der Waals surface area contributed by atoms with Crippen LogP contribution in [0.15, 0.2) is 11.1 Å². The molecule has 0 saturated heterocycles. The van der Waals surface area contributed by atoms with Crippen LogP contribution in [-0.4, -0.2) is 9.55 Å². The first-order chi connectivity index (χ1) is 10.2. The number of aryl methyl sites for hydroxylation is 1. The molecule has 0 N–H and O–H groups in total. The van der Waals surface area contributed by atoms with E-state index in [-0.39, 0.29) is 15.7 Å². The van der Waals surface area contributed by atoms with Crippen LogP contribution in [-0.2, 0) is 6.54 Å². The lowest BCUT2D eigenvalue weighted by Crippen LogP contribution is -2.21. The Bertz CT molecular complexity index is 460. The molecule has 1 heterocycles. The summed E-state index contributed by atoms with van der Waals surface area (Å²) in [5.41, 5.74) is -0.243. The number of rotatable bonds is 11. The van der Waals surface area contributed by atoms with Crippen molar-refractivity contribution in [2.24, 2.45) is 0 Å². The predicted molar refractivity (Wildman–Crippen MR) is 90.4 cm³/mol. The molecule has 1 rings (SSSR count). The van der Waals surface area contributed by atoms with E-state index >= 15 is 0 Å². The summed E-state index contributed by atoms with van der Waals surface area (Å²) in [6.07, 6.45) is 14.2. The van der Waals surface area contributed by atoms with E-state index in [1.165, 1.54) is 57.7 Å². The van der Waals surface area contributed by atoms with Crippen LogP contribution in [0.3, 0.4) is 0 Å². The first-order valence-electron chi connectivity index (χ1n) is 8.07. The molecule has 0 atom stereocenters. The Balaban J connectivity index is 2.07. The third-order valence-corrected chi connectivity index (χ3v) is 4.42. The van der Waals surface area contributed by atoms with Gasteiger partial charge in [-0.05, 0) is 6.42 Å². The Morgan fingerprint density at radius 1 is 0.952 bits per heavy atom. The van der Waals surface area contributed by atoms with Gasteiger partial charge in [-0.25, -0.2) is 4.98 Å². The highest BCUT2D eigenvalue weighted by Gasteiger charge is 2.06. The average Bonchev–Trinajstić information content (AvgIpc) is 2.49. The average molecular weight is 333 g/mol. The first-order valence-corrected chi connectivity index (χ1v) is 8.82. The van der Waals surface area contributed by atoms with Crippen LogP contribution in [0, 0.1) is 0 Å². The van der Waals surface area contributed by atoms with Gasteiger partial charge in [0.25, 0.3) is 5.56 Å². The third-order valence-electron chi connectivity index (χ3n) is 3.69. The summed E-state index contributed by atoms with van der Waals surface area (Å²) in [6, 6.07) is 0. The van der Waals surface area contributed by atoms with Crippen LogP contribution >= 0.6 is 23.2 Å². The molecule has 0 aliphatic carbocycles. The maximum atomic E-state index is 11.8. The normalized spacial score (nSPS) is 11.0. The molecule has 0 amide bonds. The van der Waals surface area contributed by atoms with Gasteiger partial charge in [-0.2, -0.15) is 0 Å². The molecule has 3 nitrogen and oxygen atoms in total. The Morgan fingerprint density at radius 2 is 1.48 bits per heavy atom. The van der Waals surface area contributed by atoms with Gasteiger partial charge in [-0.15, -0.1) is 0 Å². The van der Waals surface area contributed by atoms with Crippen LogP contribution in [0.25, 0.3) is 0 Å². The fourth-order valence-electron chi connectivity index (χ4n) is 2.37. The van der Waals surface area contributed by atoms with Crippen LogP contribution in [0.1, 0.15) is 71.1 Å². The van der Waals surface area contributed by atoms with Gasteiger partial charge in [0.2, 0.25) is 0 Å². The molecule has 0 unspecified atom stereocenters. The summed E-state index contributed by atoms with van der Waals surface area (Å²) >= 11 is 11.5. The van der Waals surface area contributed by atoms with Crippen molar-refractivity contribution < 1.29 is 0 Å². The van der Waals surface area contributed by atoms with E-state index in [2.05, 4.69) is 11.9 Å². The summed E-state index contributed by atoms with van der Waals surface area (Å²) in [6.45, 7) is 2.91. The van der Waals surface area contributed by atoms with Crippen molar-refractivity contribution >= 4 is 23.2 Å². The number of nitrogens with zero attached hydrogens (tertiary/aromatic N) is 2. The maximum absolute atomic E-state index is 11.8. The number of unbranched alkanes of at least 4 members (excludes halogenated alkanes) is 9. The number of halogens is 2. The van der Waals surface area contributed by atoms with E-state index in [1.54, 1.807) is 4.57 Å². The minimum atomic E-state index is -0.243. The zero-order chi connectivity index (χ0) is 15.5. The number of hydrogen-bond acceptors (Lipinski definition) is 2. The minimum absolute atomic E-state index is 0.0197. The second kappa shape index (κ2) is 11.1. The van der Waals surface area contributed by atoms with E-state index < -0.39 is 0 Å². The van der Waals surface area contributed by atoms with Crippen molar-refractivity contribution in [1.82, 2.24) is 9.55 Å². The van der Waals surface area contributed by atoms with Crippen molar-refractivity contribution in [3.63, 3.8) is 0 Å². The minimum Gasteiger partial charge on any atom is -0.298 e. The summed E-state index contributed by atoms with van der Waals surface area (Å²) in [7, 11) is 0. The molecule has 0 aliphatic heterocycles. The maximum Gasteiger partial charge on any atom is 0.273 e. The lowest BCUT2D eigenvalue weighted by molar-refractivity contribution is 0.527. The van der Waals surface area contributed by atoms with Crippen molar-refractivity contribution in [3.8, 4) is 0 Å². The van der Waals surface area contributed by atoms with Gasteiger partial charge in [0.1, 0.15) is 5.02 Å². The Kier molecular flexibility index (Phi) is 9.77. The SMILES string of the molecule is CCCCCCCCCCCCn1cnc(Cl)c(Cl)c1=O. The summed E-state index contributed by atoms with van der Waals surface area (Å²) in [4.78, 5) is 15.7. The van der Waals surface area contributed by atoms with E-state index in [0.717, 1.165) is 12.8 Å². The molecule has 1 aromatic heterocycles. The third kappa shape index (κ3) is 7.32. The van der Waals surface area contributed by atoms with E-state index in [4.69, 9.17) is 23.2 Å². The standard InChI is InChI=1S/C16H26Cl2N2O/c1-2-3-4-5-6-7-8-9-10-11-12-20-13-19-15(18)14(17)16(20)21/h13H,2-12H2,1H3. The van der Waals surface area contributed by atoms with Crippen molar-refractivity contribution in [2.75, 3.05) is 0 Å². The van der Waals surface area contributed by atoms with E-state index in [0.29, 0.717) is 6.54 Å². The highest BCUT2D eigenvalue weighted by atomic mass is 35.5. The molecule has 0 radical (unpaired) electrons. The smallest absolute Gasteiger partial charge is 0.273 e. The van der Waals surface area contributed by atoms with Gasteiger partial charge in [-0.1, -0.05) is 87.9 Å². The molecule has 1 aromatic rings.